The Morgan fingerprint density at radius 3 is 2.41 bits per heavy atom. The maximum Gasteiger partial charge on any atom is 0.154 e. The minimum atomic E-state index is 0.544. The molecule has 4 rings (SSSR count). The van der Waals surface area contributed by atoms with Crippen LogP contribution in [-0.2, 0) is 19.4 Å². The molecule has 0 fully saturated rings. The molecule has 0 bridgehead atoms. The molecule has 0 amide bonds. The third-order valence-corrected chi connectivity index (χ3v) is 4.93. The number of nitrogens with zero attached hydrogens (tertiary/aromatic N) is 3. The van der Waals surface area contributed by atoms with Crippen LogP contribution in [0.2, 0.25) is 0 Å². The van der Waals surface area contributed by atoms with Gasteiger partial charge < -0.3 is 9.88 Å². The van der Waals surface area contributed by atoms with Crippen LogP contribution >= 0.6 is 0 Å². The highest BCUT2D eigenvalue weighted by molar-refractivity contribution is 6.07. The molecule has 0 atom stereocenters. The van der Waals surface area contributed by atoms with Crippen LogP contribution in [0.25, 0.3) is 21.9 Å². The third kappa shape index (κ3) is 3.39. The second-order valence-corrected chi connectivity index (χ2v) is 7.44. The van der Waals surface area contributed by atoms with Crippen LogP contribution in [-0.4, -0.2) is 21.6 Å². The van der Waals surface area contributed by atoms with E-state index < -0.39 is 0 Å². The zero-order valence-electron chi connectivity index (χ0n) is 16.2. The molecule has 0 aliphatic rings. The molecule has 2 aromatic carbocycles. The minimum absolute atomic E-state index is 0.544. The Labute approximate surface area is 160 Å². The summed E-state index contributed by atoms with van der Waals surface area (Å²) in [6, 6.07) is 19.0. The Hall–Kier alpha value is -2.88. The first kappa shape index (κ1) is 17.5. The minimum Gasteiger partial charge on any atom is -0.371 e. The number of anilines is 1. The monoisotopic (exact) mass is 358 g/mol. The van der Waals surface area contributed by atoms with E-state index in [2.05, 4.69) is 72.3 Å². The van der Waals surface area contributed by atoms with Crippen molar-refractivity contribution in [3.05, 3.63) is 66.0 Å². The molecular weight excluding hydrogens is 332 g/mol. The van der Waals surface area contributed by atoms with Gasteiger partial charge in [0.15, 0.2) is 5.82 Å². The lowest BCUT2D eigenvalue weighted by Crippen LogP contribution is -2.10. The summed E-state index contributed by atoms with van der Waals surface area (Å²) in [6.45, 7) is 5.47. The van der Waals surface area contributed by atoms with E-state index in [-0.39, 0.29) is 0 Å². The van der Waals surface area contributed by atoms with Crippen molar-refractivity contribution in [1.29, 1.82) is 0 Å². The fourth-order valence-corrected chi connectivity index (χ4v) is 3.71. The molecule has 138 valence electrons. The van der Waals surface area contributed by atoms with Crippen LogP contribution in [0.4, 0.5) is 5.82 Å². The van der Waals surface area contributed by atoms with E-state index in [1.807, 2.05) is 13.1 Å². The summed E-state index contributed by atoms with van der Waals surface area (Å²) < 4.78 is 2.41. The number of hydrogen-bond donors (Lipinski definition) is 1. The maximum atomic E-state index is 5.04. The molecule has 27 heavy (non-hydrogen) atoms. The smallest absolute Gasteiger partial charge is 0.154 e. The zero-order valence-corrected chi connectivity index (χ0v) is 16.2. The van der Waals surface area contributed by atoms with Crippen LogP contribution in [0.3, 0.4) is 0 Å². The molecule has 0 unspecified atom stereocenters. The summed E-state index contributed by atoms with van der Waals surface area (Å²) in [7, 11) is 1.92. The van der Waals surface area contributed by atoms with E-state index in [1.165, 1.54) is 16.5 Å². The fraction of sp³-hybridized carbons (Fsp3) is 0.304. The van der Waals surface area contributed by atoms with E-state index in [4.69, 9.17) is 9.97 Å². The number of benzene rings is 2. The Bertz CT molecular complexity index is 1060. The quantitative estimate of drug-likeness (QED) is 0.523. The highest BCUT2D eigenvalue weighted by atomic mass is 15.1. The number of hydrogen-bond acceptors (Lipinski definition) is 3. The number of aromatic nitrogens is 3. The number of para-hydroxylation sites is 1. The van der Waals surface area contributed by atoms with E-state index in [0.717, 1.165) is 42.1 Å². The van der Waals surface area contributed by atoms with Gasteiger partial charge in [0.25, 0.3) is 0 Å². The summed E-state index contributed by atoms with van der Waals surface area (Å²) in [5, 5.41) is 4.41. The standard InChI is InChI=1S/C23H26N4/c1-16(2)15-27-20(14-13-17-9-5-4-6-10-17)26-21-22(27)18-11-7-8-12-19(18)25-23(21)24-3/h4-12,16H,13-15H2,1-3H3,(H,24,25). The summed E-state index contributed by atoms with van der Waals surface area (Å²) in [4.78, 5) is 9.83. The highest BCUT2D eigenvalue weighted by Crippen LogP contribution is 2.31. The van der Waals surface area contributed by atoms with Gasteiger partial charge in [0.05, 0.1) is 11.0 Å². The lowest BCUT2D eigenvalue weighted by Gasteiger charge is -2.13. The van der Waals surface area contributed by atoms with E-state index >= 15 is 0 Å². The first-order chi connectivity index (χ1) is 13.2. The van der Waals surface area contributed by atoms with E-state index in [1.54, 1.807) is 0 Å². The van der Waals surface area contributed by atoms with Gasteiger partial charge in [-0.3, -0.25) is 0 Å². The van der Waals surface area contributed by atoms with Crippen molar-refractivity contribution in [3.8, 4) is 0 Å². The van der Waals surface area contributed by atoms with E-state index in [0.29, 0.717) is 5.92 Å². The number of nitrogens with one attached hydrogen (secondary N) is 1. The van der Waals surface area contributed by atoms with Crippen molar-refractivity contribution in [2.24, 2.45) is 5.92 Å². The van der Waals surface area contributed by atoms with Gasteiger partial charge in [-0.25, -0.2) is 9.97 Å². The predicted molar refractivity (Wildman–Crippen MR) is 113 cm³/mol. The SMILES string of the molecule is CNc1nc2ccccc2c2c1nc(CCc1ccccc1)n2CC(C)C. The number of imidazole rings is 1. The second kappa shape index (κ2) is 7.39. The lowest BCUT2D eigenvalue weighted by atomic mass is 10.1. The lowest BCUT2D eigenvalue weighted by molar-refractivity contribution is 0.516. The van der Waals surface area contributed by atoms with Gasteiger partial charge in [0.2, 0.25) is 0 Å². The topological polar surface area (TPSA) is 42.7 Å². The molecule has 4 nitrogen and oxygen atoms in total. The average Bonchev–Trinajstić information content (AvgIpc) is 3.04. The number of aryl methyl sites for hydroxylation is 2. The van der Waals surface area contributed by atoms with Crippen LogP contribution in [0.1, 0.15) is 25.2 Å². The van der Waals surface area contributed by atoms with Gasteiger partial charge in [0, 0.05) is 25.4 Å². The van der Waals surface area contributed by atoms with Gasteiger partial charge in [-0.05, 0) is 24.0 Å². The Morgan fingerprint density at radius 2 is 1.67 bits per heavy atom. The highest BCUT2D eigenvalue weighted by Gasteiger charge is 2.18. The second-order valence-electron chi connectivity index (χ2n) is 7.44. The molecule has 0 aliphatic carbocycles. The molecule has 4 heteroatoms. The molecule has 4 aromatic rings. The molecule has 0 saturated carbocycles. The number of fused-ring (bicyclic) bond motifs is 3. The van der Waals surface area contributed by atoms with Gasteiger partial charge in [-0.2, -0.15) is 0 Å². The van der Waals surface area contributed by atoms with Gasteiger partial charge in [-0.1, -0.05) is 62.4 Å². The van der Waals surface area contributed by atoms with Crippen LogP contribution in [0.15, 0.2) is 54.6 Å². The predicted octanol–water partition coefficient (Wildman–Crippen LogP) is 5.07. The van der Waals surface area contributed by atoms with Crippen molar-refractivity contribution < 1.29 is 0 Å². The maximum absolute atomic E-state index is 5.04. The molecular formula is C23H26N4. The van der Waals surface area contributed by atoms with Crippen molar-refractivity contribution >= 4 is 27.8 Å². The number of rotatable bonds is 6. The van der Waals surface area contributed by atoms with Crippen molar-refractivity contribution in [2.75, 3.05) is 12.4 Å². The van der Waals surface area contributed by atoms with Crippen molar-refractivity contribution in [1.82, 2.24) is 14.5 Å². The zero-order chi connectivity index (χ0) is 18.8. The summed E-state index contributed by atoms with van der Waals surface area (Å²) in [5.74, 6) is 2.53. The first-order valence-corrected chi connectivity index (χ1v) is 9.67. The Balaban J connectivity index is 1.88. The van der Waals surface area contributed by atoms with E-state index in [9.17, 15) is 0 Å². The molecule has 0 aliphatic heterocycles. The molecule has 1 N–H and O–H groups in total. The summed E-state index contributed by atoms with van der Waals surface area (Å²) >= 11 is 0. The molecule has 0 saturated heterocycles. The van der Waals surface area contributed by atoms with Crippen molar-refractivity contribution in [3.63, 3.8) is 0 Å². The normalized spacial score (nSPS) is 11.6. The van der Waals surface area contributed by atoms with Crippen LogP contribution in [0.5, 0.6) is 0 Å². The molecule has 2 heterocycles. The third-order valence-electron chi connectivity index (χ3n) is 4.93. The van der Waals surface area contributed by atoms with Gasteiger partial charge in [-0.15, -0.1) is 0 Å². The van der Waals surface area contributed by atoms with Gasteiger partial charge in [0.1, 0.15) is 11.3 Å². The van der Waals surface area contributed by atoms with Crippen molar-refractivity contribution in [2.45, 2.75) is 33.2 Å². The Kier molecular flexibility index (Phi) is 4.80. The Morgan fingerprint density at radius 1 is 0.926 bits per heavy atom. The molecule has 0 radical (unpaired) electrons. The van der Waals surface area contributed by atoms with Crippen LogP contribution in [0, 0.1) is 5.92 Å². The van der Waals surface area contributed by atoms with Gasteiger partial charge >= 0.3 is 0 Å². The average molecular weight is 358 g/mol. The largest absolute Gasteiger partial charge is 0.371 e. The van der Waals surface area contributed by atoms with Crippen LogP contribution < -0.4 is 5.32 Å². The fourth-order valence-electron chi connectivity index (χ4n) is 3.71. The first-order valence-electron chi connectivity index (χ1n) is 9.67. The summed E-state index contributed by atoms with van der Waals surface area (Å²) in [5.41, 5.74) is 4.52. The number of pyridine rings is 1. The molecule has 0 spiro atoms. The summed E-state index contributed by atoms with van der Waals surface area (Å²) in [6.07, 6.45) is 1.91. The molecule has 2 aromatic heterocycles.